The number of ether oxygens (including phenoxy) is 7. The van der Waals surface area contributed by atoms with E-state index in [9.17, 15) is 35.4 Å². The van der Waals surface area contributed by atoms with Crippen molar-refractivity contribution < 1.29 is 68.6 Å². The molecule has 21 atom stereocenters. The standard InChI is InChI=1S/C41H64O14/c1-19-36(47)28(42)15-34(50-19)54-38-21(3)52-35(17-30(38)44)55-37-20(2)51-33(16-29(37)43)53-24-8-10-39(4)23(13-24)6-7-26-27(39)14-31(45)40(5)25(9-11-41(26,40)48)22-12-32(46)49-18-22/h12,19-21,23-31,33-38,42-45,47-48H,6-11,13-18H2,1-5H3/t19-,20-,21-,23-,24+,25-,26+,27+,28+,29+,30+,31-,33+,34+,35+,36-,37-,38-,39+,40+,41-/m1/s1. The normalized spacial score (nSPS) is 55.5. The van der Waals surface area contributed by atoms with E-state index in [-0.39, 0.29) is 61.1 Å². The van der Waals surface area contributed by atoms with Crippen LogP contribution in [0.15, 0.2) is 11.6 Å². The van der Waals surface area contributed by atoms with Gasteiger partial charge in [0.2, 0.25) is 0 Å². The minimum Gasteiger partial charge on any atom is -0.458 e. The minimum absolute atomic E-state index is 0.0452. The number of rotatable bonds is 7. The van der Waals surface area contributed by atoms with Gasteiger partial charge in [-0.1, -0.05) is 13.8 Å². The summed E-state index contributed by atoms with van der Waals surface area (Å²) in [6, 6.07) is 0. The number of carbonyl (C=O) groups is 1. The maximum Gasteiger partial charge on any atom is 0.331 e. The summed E-state index contributed by atoms with van der Waals surface area (Å²) in [5.41, 5.74) is -0.892. The van der Waals surface area contributed by atoms with Gasteiger partial charge >= 0.3 is 5.97 Å². The zero-order chi connectivity index (χ0) is 39.2. The number of aliphatic hydroxyl groups excluding tert-OH is 5. The van der Waals surface area contributed by atoms with Gasteiger partial charge in [0.1, 0.15) is 24.9 Å². The molecule has 0 spiro atoms. The van der Waals surface area contributed by atoms with Gasteiger partial charge in [0.05, 0.1) is 54.4 Å². The first-order chi connectivity index (χ1) is 26.0. The summed E-state index contributed by atoms with van der Waals surface area (Å²) in [5.74, 6) is 0.204. The molecule has 55 heavy (non-hydrogen) atoms. The Labute approximate surface area is 323 Å². The number of aliphatic hydroxyl groups is 6. The van der Waals surface area contributed by atoms with Crippen LogP contribution in [0.3, 0.4) is 0 Å². The summed E-state index contributed by atoms with van der Waals surface area (Å²) in [6.07, 6.45) is -1.51. The first-order valence-electron chi connectivity index (χ1n) is 20.9. The summed E-state index contributed by atoms with van der Waals surface area (Å²) < 4.78 is 42.1. The van der Waals surface area contributed by atoms with Gasteiger partial charge in [-0.05, 0) is 107 Å². The molecule has 0 aromatic rings. The van der Waals surface area contributed by atoms with Gasteiger partial charge in [-0.3, -0.25) is 0 Å². The van der Waals surface area contributed by atoms with Crippen LogP contribution in [0.5, 0.6) is 0 Å². The third-order valence-electron chi connectivity index (χ3n) is 16.0. The molecule has 8 aliphatic rings. The fraction of sp³-hybridized carbons (Fsp3) is 0.927. The smallest absolute Gasteiger partial charge is 0.331 e. The van der Waals surface area contributed by atoms with Crippen molar-refractivity contribution in [3.63, 3.8) is 0 Å². The van der Waals surface area contributed by atoms with Crippen LogP contribution in [-0.2, 0) is 38.0 Å². The molecule has 0 aromatic heterocycles. The molecule has 3 saturated heterocycles. The van der Waals surface area contributed by atoms with Gasteiger partial charge in [-0.15, -0.1) is 0 Å². The van der Waals surface area contributed by atoms with Gasteiger partial charge < -0.3 is 63.8 Å². The van der Waals surface area contributed by atoms with E-state index in [1.807, 2.05) is 13.8 Å². The summed E-state index contributed by atoms with van der Waals surface area (Å²) in [5, 5.41) is 66.9. The molecule has 14 nitrogen and oxygen atoms in total. The highest BCUT2D eigenvalue weighted by molar-refractivity contribution is 5.85. The van der Waals surface area contributed by atoms with Crippen LogP contribution in [0.2, 0.25) is 0 Å². The first-order valence-corrected chi connectivity index (χ1v) is 20.9. The number of esters is 1. The molecule has 4 aliphatic carbocycles. The minimum atomic E-state index is -1.01. The van der Waals surface area contributed by atoms with Crippen molar-refractivity contribution in [3.8, 4) is 0 Å². The molecule has 0 amide bonds. The predicted molar refractivity (Wildman–Crippen MR) is 193 cm³/mol. The summed E-state index contributed by atoms with van der Waals surface area (Å²) in [7, 11) is 0. The molecular weight excluding hydrogens is 716 g/mol. The van der Waals surface area contributed by atoms with Crippen LogP contribution in [0.25, 0.3) is 0 Å². The van der Waals surface area contributed by atoms with Crippen LogP contribution < -0.4 is 0 Å². The van der Waals surface area contributed by atoms with Crippen molar-refractivity contribution in [1.29, 1.82) is 0 Å². The lowest BCUT2D eigenvalue weighted by molar-refractivity contribution is -0.336. The highest BCUT2D eigenvalue weighted by Gasteiger charge is 2.71. The quantitative estimate of drug-likeness (QED) is 0.162. The number of cyclic esters (lactones) is 1. The first kappa shape index (κ1) is 40.5. The number of hydrogen-bond donors (Lipinski definition) is 6. The van der Waals surface area contributed by atoms with E-state index in [1.54, 1.807) is 19.9 Å². The van der Waals surface area contributed by atoms with E-state index in [1.165, 1.54) is 0 Å². The van der Waals surface area contributed by atoms with Crippen molar-refractivity contribution in [2.24, 2.45) is 34.5 Å². The van der Waals surface area contributed by atoms with Gasteiger partial charge in [0.15, 0.2) is 18.9 Å². The third kappa shape index (κ3) is 6.95. The zero-order valence-corrected chi connectivity index (χ0v) is 32.9. The second kappa shape index (κ2) is 15.1. The largest absolute Gasteiger partial charge is 0.458 e. The van der Waals surface area contributed by atoms with Crippen molar-refractivity contribution >= 4 is 5.97 Å². The topological polar surface area (TPSA) is 203 Å². The molecule has 8 rings (SSSR count). The van der Waals surface area contributed by atoms with E-state index in [0.29, 0.717) is 18.8 Å². The lowest BCUT2D eigenvalue weighted by atomic mass is 9.42. The Morgan fingerprint density at radius 2 is 1.29 bits per heavy atom. The Morgan fingerprint density at radius 1 is 0.691 bits per heavy atom. The molecule has 6 N–H and O–H groups in total. The fourth-order valence-electron chi connectivity index (χ4n) is 12.8. The summed E-state index contributed by atoms with van der Waals surface area (Å²) in [6.45, 7) is 9.90. The molecule has 0 bridgehead atoms. The number of fused-ring (bicyclic) bond motifs is 5. The molecule has 0 radical (unpaired) electrons. The van der Waals surface area contributed by atoms with E-state index in [2.05, 4.69) is 6.92 Å². The van der Waals surface area contributed by atoms with E-state index in [4.69, 9.17) is 33.2 Å². The Hall–Kier alpha value is -1.27. The molecule has 14 heteroatoms. The van der Waals surface area contributed by atoms with Gasteiger partial charge in [0.25, 0.3) is 0 Å². The molecule has 7 fully saturated rings. The molecular formula is C41H64O14. The Bertz CT molecular complexity index is 1410. The Balaban J connectivity index is 0.837. The molecule has 0 aromatic carbocycles. The van der Waals surface area contributed by atoms with Gasteiger partial charge in [0, 0.05) is 30.8 Å². The fourth-order valence-corrected chi connectivity index (χ4v) is 12.8. The number of hydrogen-bond acceptors (Lipinski definition) is 14. The SMILES string of the molecule is C[C@H]1O[C@@H](O[C@H]2[C@@H](O)C[C@H](O[C@H]3[C@@H](O)C[C@H](O[C@H]4CC[C@@]5(C)[C@H](CC[C@H]6[C@@H]5C[C@@H](O)[C@]5(C)[C@@H](C7=CC(=O)OC7)CC[C@@]65O)C4)O[C@@H]3C)O[C@@H]2C)C[C@H](O)[C@@H]1O. The molecule has 4 heterocycles. The average molecular weight is 781 g/mol. The van der Waals surface area contributed by atoms with E-state index >= 15 is 0 Å². The van der Waals surface area contributed by atoms with Crippen molar-refractivity contribution in [2.45, 2.75) is 197 Å². The molecule has 0 unspecified atom stereocenters. The molecule has 312 valence electrons. The molecule has 4 saturated carbocycles. The van der Waals surface area contributed by atoms with E-state index < -0.39 is 90.9 Å². The average Bonchev–Trinajstić information content (AvgIpc) is 3.67. The number of carbonyl (C=O) groups excluding carboxylic acids is 1. The van der Waals surface area contributed by atoms with Crippen LogP contribution in [0.1, 0.15) is 105 Å². The van der Waals surface area contributed by atoms with Gasteiger partial charge in [-0.2, -0.15) is 0 Å². The zero-order valence-electron chi connectivity index (χ0n) is 32.9. The highest BCUT2D eigenvalue weighted by Crippen LogP contribution is 2.70. The van der Waals surface area contributed by atoms with Crippen molar-refractivity contribution in [3.05, 3.63) is 11.6 Å². The lowest BCUT2D eigenvalue weighted by Gasteiger charge is -2.65. The maximum atomic E-state index is 12.6. The monoisotopic (exact) mass is 780 g/mol. The molecule has 4 aliphatic heterocycles. The summed E-state index contributed by atoms with van der Waals surface area (Å²) in [4.78, 5) is 11.9. The Kier molecular flexibility index (Phi) is 11.1. The maximum absolute atomic E-state index is 12.6. The second-order valence-corrected chi connectivity index (χ2v) is 18.8. The third-order valence-corrected chi connectivity index (χ3v) is 16.0. The van der Waals surface area contributed by atoms with E-state index in [0.717, 1.165) is 44.1 Å². The highest BCUT2D eigenvalue weighted by atomic mass is 16.7. The van der Waals surface area contributed by atoms with Gasteiger partial charge in [-0.25, -0.2) is 4.79 Å². The van der Waals surface area contributed by atoms with Crippen molar-refractivity contribution in [1.82, 2.24) is 0 Å². The van der Waals surface area contributed by atoms with Crippen LogP contribution in [-0.4, -0.2) is 135 Å². The predicted octanol–water partition coefficient (Wildman–Crippen LogP) is 2.22. The van der Waals surface area contributed by atoms with Crippen LogP contribution in [0.4, 0.5) is 0 Å². The summed E-state index contributed by atoms with van der Waals surface area (Å²) >= 11 is 0. The lowest BCUT2D eigenvalue weighted by Crippen LogP contribution is -2.67. The van der Waals surface area contributed by atoms with Crippen LogP contribution >= 0.6 is 0 Å². The van der Waals surface area contributed by atoms with Crippen molar-refractivity contribution in [2.75, 3.05) is 6.61 Å². The second-order valence-electron chi connectivity index (χ2n) is 18.8. The Morgan fingerprint density at radius 3 is 1.87 bits per heavy atom. The van der Waals surface area contributed by atoms with Crippen LogP contribution in [0, 0.1) is 34.5 Å².